The second-order valence-corrected chi connectivity index (χ2v) is 6.24. The molecule has 0 radical (unpaired) electrons. The molecule has 112 valence electrons. The maximum absolute atomic E-state index is 6.43. The van der Waals surface area contributed by atoms with Crippen LogP contribution in [0.3, 0.4) is 0 Å². The van der Waals surface area contributed by atoms with Crippen LogP contribution in [0.15, 0.2) is 24.3 Å². The molecule has 1 aliphatic heterocycles. The van der Waals surface area contributed by atoms with E-state index in [0.29, 0.717) is 6.61 Å². The van der Waals surface area contributed by atoms with Gasteiger partial charge in [0.15, 0.2) is 0 Å². The van der Waals surface area contributed by atoms with Crippen LogP contribution in [0.1, 0.15) is 38.8 Å². The van der Waals surface area contributed by atoms with Gasteiger partial charge in [0.05, 0.1) is 6.61 Å². The van der Waals surface area contributed by atoms with Crippen molar-refractivity contribution in [2.24, 2.45) is 17.6 Å². The van der Waals surface area contributed by atoms with Gasteiger partial charge >= 0.3 is 0 Å². The van der Waals surface area contributed by atoms with Crippen molar-refractivity contribution in [3.05, 3.63) is 29.8 Å². The fraction of sp³-hybridized carbons (Fsp3) is 0.647. The first-order valence-electron chi connectivity index (χ1n) is 7.79. The first kappa shape index (κ1) is 15.3. The molecule has 1 heterocycles. The Bertz CT molecular complexity index is 411. The molecule has 0 spiro atoms. The number of hydrogen-bond acceptors (Lipinski definition) is 3. The molecule has 1 aliphatic rings. The first-order chi connectivity index (χ1) is 9.60. The number of likely N-dealkylation sites (tertiary alicyclic amines) is 1. The van der Waals surface area contributed by atoms with Crippen molar-refractivity contribution in [2.75, 3.05) is 26.2 Å². The smallest absolute Gasteiger partial charge is 0.124 e. The number of nitrogens with two attached hydrogens (primary N) is 1. The molecule has 2 rings (SSSR count). The predicted octanol–water partition coefficient (Wildman–Crippen LogP) is 3.06. The quantitative estimate of drug-likeness (QED) is 0.898. The van der Waals surface area contributed by atoms with Gasteiger partial charge in [0, 0.05) is 31.2 Å². The predicted molar refractivity (Wildman–Crippen MR) is 83.9 cm³/mol. The number of hydrogen-bond donors (Lipinski definition) is 1. The number of piperidine rings is 1. The van der Waals surface area contributed by atoms with Crippen LogP contribution in [0, 0.1) is 11.8 Å². The normalized spacial score (nSPS) is 25.4. The van der Waals surface area contributed by atoms with Crippen LogP contribution in [0.2, 0.25) is 0 Å². The molecule has 0 amide bonds. The van der Waals surface area contributed by atoms with E-state index in [0.717, 1.165) is 42.8 Å². The van der Waals surface area contributed by atoms with E-state index in [1.807, 2.05) is 25.1 Å². The summed E-state index contributed by atoms with van der Waals surface area (Å²) in [5.41, 5.74) is 7.55. The Morgan fingerprint density at radius 2 is 1.90 bits per heavy atom. The van der Waals surface area contributed by atoms with Gasteiger partial charge in [-0.1, -0.05) is 32.0 Å². The van der Waals surface area contributed by atoms with Gasteiger partial charge in [-0.3, -0.25) is 0 Å². The Morgan fingerprint density at radius 3 is 2.55 bits per heavy atom. The second kappa shape index (κ2) is 7.09. The lowest BCUT2D eigenvalue weighted by atomic mass is 9.91. The third-order valence-electron chi connectivity index (χ3n) is 4.02. The molecule has 1 aromatic rings. The van der Waals surface area contributed by atoms with E-state index < -0.39 is 0 Å². The van der Waals surface area contributed by atoms with Gasteiger partial charge in [0.25, 0.3) is 0 Å². The Balaban J connectivity index is 2.02. The SMILES string of the molecule is CCOc1ccccc1C(N)CN1CC(C)CC(C)C1. The molecule has 0 aromatic heterocycles. The molecule has 1 aromatic carbocycles. The summed E-state index contributed by atoms with van der Waals surface area (Å²) in [7, 11) is 0. The molecular weight excluding hydrogens is 248 g/mol. The van der Waals surface area contributed by atoms with Gasteiger partial charge in [-0.25, -0.2) is 0 Å². The Labute approximate surface area is 123 Å². The van der Waals surface area contributed by atoms with Crippen LogP contribution < -0.4 is 10.5 Å². The van der Waals surface area contributed by atoms with E-state index in [-0.39, 0.29) is 6.04 Å². The average molecular weight is 276 g/mol. The molecule has 0 saturated carbocycles. The number of para-hydroxylation sites is 1. The minimum atomic E-state index is 0.0234. The van der Waals surface area contributed by atoms with Crippen LogP contribution in [0.5, 0.6) is 5.75 Å². The van der Waals surface area contributed by atoms with Crippen molar-refractivity contribution in [2.45, 2.75) is 33.2 Å². The molecule has 20 heavy (non-hydrogen) atoms. The number of rotatable bonds is 5. The summed E-state index contributed by atoms with van der Waals surface area (Å²) in [4.78, 5) is 2.51. The first-order valence-corrected chi connectivity index (χ1v) is 7.79. The van der Waals surface area contributed by atoms with Crippen molar-refractivity contribution < 1.29 is 4.74 Å². The zero-order valence-corrected chi connectivity index (χ0v) is 13.0. The maximum Gasteiger partial charge on any atom is 0.124 e. The molecule has 0 aliphatic carbocycles. The molecular formula is C17H28N2O. The van der Waals surface area contributed by atoms with Crippen LogP contribution in [0.4, 0.5) is 0 Å². The molecule has 2 N–H and O–H groups in total. The van der Waals surface area contributed by atoms with Crippen molar-refractivity contribution in [3.8, 4) is 5.75 Å². The zero-order valence-electron chi connectivity index (χ0n) is 13.0. The second-order valence-electron chi connectivity index (χ2n) is 6.24. The minimum Gasteiger partial charge on any atom is -0.494 e. The van der Waals surface area contributed by atoms with Gasteiger partial charge in [-0.2, -0.15) is 0 Å². The fourth-order valence-electron chi connectivity index (χ4n) is 3.39. The molecule has 3 nitrogen and oxygen atoms in total. The summed E-state index contributed by atoms with van der Waals surface area (Å²) in [5, 5.41) is 0. The molecule has 3 unspecified atom stereocenters. The van der Waals surface area contributed by atoms with Gasteiger partial charge in [0.1, 0.15) is 5.75 Å². The van der Waals surface area contributed by atoms with E-state index in [4.69, 9.17) is 10.5 Å². The summed E-state index contributed by atoms with van der Waals surface area (Å²) < 4.78 is 5.69. The third-order valence-corrected chi connectivity index (χ3v) is 4.02. The maximum atomic E-state index is 6.43. The monoisotopic (exact) mass is 276 g/mol. The van der Waals surface area contributed by atoms with E-state index >= 15 is 0 Å². The van der Waals surface area contributed by atoms with Crippen LogP contribution in [0.25, 0.3) is 0 Å². The highest BCUT2D eigenvalue weighted by Crippen LogP contribution is 2.27. The van der Waals surface area contributed by atoms with E-state index in [1.54, 1.807) is 0 Å². The molecule has 1 fully saturated rings. The van der Waals surface area contributed by atoms with Crippen molar-refractivity contribution in [1.29, 1.82) is 0 Å². The summed E-state index contributed by atoms with van der Waals surface area (Å²) in [5.74, 6) is 2.47. The van der Waals surface area contributed by atoms with Gasteiger partial charge in [0.2, 0.25) is 0 Å². The lowest BCUT2D eigenvalue weighted by Crippen LogP contribution is -2.42. The van der Waals surface area contributed by atoms with Crippen molar-refractivity contribution in [3.63, 3.8) is 0 Å². The van der Waals surface area contributed by atoms with Crippen molar-refractivity contribution >= 4 is 0 Å². The Hall–Kier alpha value is -1.06. The fourth-order valence-corrected chi connectivity index (χ4v) is 3.39. The molecule has 0 bridgehead atoms. The Morgan fingerprint density at radius 1 is 1.25 bits per heavy atom. The van der Waals surface area contributed by atoms with Gasteiger partial charge < -0.3 is 15.4 Å². The summed E-state index contributed by atoms with van der Waals surface area (Å²) in [6.07, 6.45) is 1.33. The molecule has 3 atom stereocenters. The largest absolute Gasteiger partial charge is 0.494 e. The van der Waals surface area contributed by atoms with Crippen LogP contribution >= 0.6 is 0 Å². The average Bonchev–Trinajstić information content (AvgIpc) is 2.38. The topological polar surface area (TPSA) is 38.5 Å². The minimum absolute atomic E-state index is 0.0234. The number of ether oxygens (including phenoxy) is 1. The standard InChI is InChI=1S/C17H28N2O/c1-4-20-17-8-6-5-7-15(17)16(18)12-19-10-13(2)9-14(3)11-19/h5-8,13-14,16H,4,9-12,18H2,1-3H3. The van der Waals surface area contributed by atoms with E-state index in [2.05, 4.69) is 24.8 Å². The highest BCUT2D eigenvalue weighted by Gasteiger charge is 2.24. The van der Waals surface area contributed by atoms with E-state index in [9.17, 15) is 0 Å². The lowest BCUT2D eigenvalue weighted by molar-refractivity contribution is 0.133. The number of benzene rings is 1. The van der Waals surface area contributed by atoms with Crippen molar-refractivity contribution in [1.82, 2.24) is 4.90 Å². The highest BCUT2D eigenvalue weighted by molar-refractivity contribution is 5.36. The molecule has 3 heteroatoms. The van der Waals surface area contributed by atoms with Crippen LogP contribution in [-0.2, 0) is 0 Å². The van der Waals surface area contributed by atoms with Gasteiger partial charge in [-0.05, 0) is 31.2 Å². The third kappa shape index (κ3) is 3.97. The van der Waals surface area contributed by atoms with E-state index in [1.165, 1.54) is 6.42 Å². The Kier molecular flexibility index (Phi) is 5.44. The summed E-state index contributed by atoms with van der Waals surface area (Å²) >= 11 is 0. The van der Waals surface area contributed by atoms with Crippen LogP contribution in [-0.4, -0.2) is 31.1 Å². The number of nitrogens with zero attached hydrogens (tertiary/aromatic N) is 1. The molecule has 1 saturated heterocycles. The zero-order chi connectivity index (χ0) is 14.5. The van der Waals surface area contributed by atoms with Gasteiger partial charge in [-0.15, -0.1) is 0 Å². The highest BCUT2D eigenvalue weighted by atomic mass is 16.5. The lowest BCUT2D eigenvalue weighted by Gasteiger charge is -2.36. The summed E-state index contributed by atoms with van der Waals surface area (Å²) in [6.45, 7) is 10.6. The summed E-state index contributed by atoms with van der Waals surface area (Å²) in [6, 6.07) is 8.17.